The number of ether oxygens (including phenoxy) is 1. The van der Waals surface area contributed by atoms with Gasteiger partial charge in [-0.3, -0.25) is 15.6 Å². The number of rotatable bonds is 4. The minimum absolute atomic E-state index is 0.0693. The second-order valence-corrected chi connectivity index (χ2v) is 5.66. The van der Waals surface area contributed by atoms with E-state index in [9.17, 15) is 20.1 Å². The highest BCUT2D eigenvalue weighted by molar-refractivity contribution is 7.80. The predicted octanol–water partition coefficient (Wildman–Crippen LogP) is -3.22. The Morgan fingerprint density at radius 3 is 2.42 bits per heavy atom. The van der Waals surface area contributed by atoms with Crippen LogP contribution in [0.15, 0.2) is 24.5 Å². The van der Waals surface area contributed by atoms with Crippen LogP contribution in [-0.2, 0) is 16.1 Å². The maximum absolute atomic E-state index is 11.7. The highest BCUT2D eigenvalue weighted by Gasteiger charge is 2.43. The highest BCUT2D eigenvalue weighted by Crippen LogP contribution is 2.19. The van der Waals surface area contributed by atoms with Gasteiger partial charge in [0.1, 0.15) is 31.0 Å². The van der Waals surface area contributed by atoms with E-state index >= 15 is 0 Å². The number of hydrogen-bond donors (Lipinski definition) is 7. The molecule has 2 rings (SSSR count). The SMILES string of the molecule is O=C(Cn1cccc1)NNC(=S)NC1OC(CO)C(O)C(O)C1O. The van der Waals surface area contributed by atoms with E-state index in [0.717, 1.165) is 0 Å². The zero-order chi connectivity index (χ0) is 17.7. The molecule has 24 heavy (non-hydrogen) atoms. The number of hydrazine groups is 1. The van der Waals surface area contributed by atoms with Crippen LogP contribution in [0.4, 0.5) is 0 Å². The lowest BCUT2D eigenvalue weighted by Crippen LogP contribution is -2.64. The van der Waals surface area contributed by atoms with Crippen LogP contribution in [-0.4, -0.2) is 73.3 Å². The fourth-order valence-corrected chi connectivity index (χ4v) is 2.36. The third-order valence-electron chi connectivity index (χ3n) is 3.47. The van der Waals surface area contributed by atoms with E-state index in [4.69, 9.17) is 22.1 Å². The fraction of sp³-hybridized carbons (Fsp3) is 0.538. The van der Waals surface area contributed by atoms with Crippen molar-refractivity contribution in [2.75, 3.05) is 6.61 Å². The first-order chi connectivity index (χ1) is 11.4. The van der Waals surface area contributed by atoms with Crippen molar-refractivity contribution < 1.29 is 30.0 Å². The van der Waals surface area contributed by atoms with E-state index < -0.39 is 37.3 Å². The van der Waals surface area contributed by atoms with Crippen molar-refractivity contribution in [2.24, 2.45) is 0 Å². The lowest BCUT2D eigenvalue weighted by atomic mass is 9.98. The van der Waals surface area contributed by atoms with E-state index in [1.54, 1.807) is 29.1 Å². The number of carbonyl (C=O) groups is 1. The van der Waals surface area contributed by atoms with Gasteiger partial charge in [0.25, 0.3) is 5.91 Å². The molecule has 1 aliphatic rings. The Morgan fingerprint density at radius 2 is 1.79 bits per heavy atom. The molecule has 0 spiro atoms. The Bertz CT molecular complexity index is 555. The maximum Gasteiger partial charge on any atom is 0.258 e. The first-order valence-corrected chi connectivity index (χ1v) is 7.60. The zero-order valence-electron chi connectivity index (χ0n) is 12.6. The van der Waals surface area contributed by atoms with Gasteiger partial charge in [-0.2, -0.15) is 0 Å². The summed E-state index contributed by atoms with van der Waals surface area (Å²) in [6.07, 6.45) is -3.20. The normalized spacial score (nSPS) is 29.8. The van der Waals surface area contributed by atoms with Gasteiger partial charge in [0, 0.05) is 12.4 Å². The number of aliphatic hydroxyl groups is 4. The third-order valence-corrected chi connectivity index (χ3v) is 3.69. The molecule has 1 saturated heterocycles. The Hall–Kier alpha value is -1.76. The summed E-state index contributed by atoms with van der Waals surface area (Å²) in [5.74, 6) is -0.357. The van der Waals surface area contributed by atoms with Crippen molar-refractivity contribution in [2.45, 2.75) is 37.2 Å². The molecule has 2 heterocycles. The Labute approximate surface area is 143 Å². The third kappa shape index (κ3) is 4.63. The van der Waals surface area contributed by atoms with Crippen molar-refractivity contribution in [3.8, 4) is 0 Å². The van der Waals surface area contributed by atoms with Gasteiger partial charge in [-0.1, -0.05) is 0 Å². The van der Waals surface area contributed by atoms with Gasteiger partial charge in [-0.25, -0.2) is 0 Å². The van der Waals surface area contributed by atoms with Crippen LogP contribution in [0.3, 0.4) is 0 Å². The molecule has 0 radical (unpaired) electrons. The molecule has 7 N–H and O–H groups in total. The van der Waals surface area contributed by atoms with Crippen LogP contribution >= 0.6 is 12.2 Å². The first kappa shape index (κ1) is 18.6. The van der Waals surface area contributed by atoms with Crippen LogP contribution < -0.4 is 16.2 Å². The molecule has 0 saturated carbocycles. The molecule has 1 fully saturated rings. The average molecular weight is 360 g/mol. The summed E-state index contributed by atoms with van der Waals surface area (Å²) in [4.78, 5) is 11.7. The summed E-state index contributed by atoms with van der Waals surface area (Å²) in [6, 6.07) is 3.57. The molecule has 5 unspecified atom stereocenters. The Morgan fingerprint density at radius 1 is 1.12 bits per heavy atom. The number of aliphatic hydroxyl groups excluding tert-OH is 4. The summed E-state index contributed by atoms with van der Waals surface area (Å²) in [7, 11) is 0. The van der Waals surface area contributed by atoms with Crippen molar-refractivity contribution >= 4 is 23.2 Å². The molecule has 134 valence electrons. The van der Waals surface area contributed by atoms with Gasteiger partial charge in [-0.05, 0) is 24.4 Å². The molecule has 0 aliphatic carbocycles. The molecular formula is C13H20N4O6S. The Balaban J connectivity index is 1.79. The zero-order valence-corrected chi connectivity index (χ0v) is 13.4. The summed E-state index contributed by atoms with van der Waals surface area (Å²) in [5, 5.41) is 40.8. The number of carbonyl (C=O) groups excluding carboxylic acids is 1. The molecule has 10 nitrogen and oxygen atoms in total. The number of thiocarbonyl (C=S) groups is 1. The van der Waals surface area contributed by atoms with Gasteiger partial charge in [-0.15, -0.1) is 0 Å². The summed E-state index contributed by atoms with van der Waals surface area (Å²) in [6.45, 7) is -0.459. The topological polar surface area (TPSA) is 148 Å². The minimum atomic E-state index is -1.51. The summed E-state index contributed by atoms with van der Waals surface area (Å²) in [5.41, 5.74) is 4.79. The molecule has 1 aromatic rings. The number of amides is 1. The monoisotopic (exact) mass is 360 g/mol. The van der Waals surface area contributed by atoms with Crippen LogP contribution in [0.2, 0.25) is 0 Å². The molecule has 1 aromatic heterocycles. The van der Waals surface area contributed by atoms with E-state index in [2.05, 4.69) is 16.2 Å². The van der Waals surface area contributed by atoms with Crippen molar-refractivity contribution in [1.82, 2.24) is 20.7 Å². The maximum atomic E-state index is 11.7. The van der Waals surface area contributed by atoms with Gasteiger partial charge in [0.2, 0.25) is 0 Å². The van der Waals surface area contributed by atoms with Gasteiger partial charge >= 0.3 is 0 Å². The smallest absolute Gasteiger partial charge is 0.258 e. The summed E-state index contributed by atoms with van der Waals surface area (Å²) >= 11 is 4.96. The van der Waals surface area contributed by atoms with Gasteiger partial charge in [0.15, 0.2) is 11.3 Å². The van der Waals surface area contributed by atoms with E-state index in [0.29, 0.717) is 0 Å². The number of aromatic nitrogens is 1. The molecular weight excluding hydrogens is 340 g/mol. The van der Waals surface area contributed by atoms with Crippen molar-refractivity contribution in [1.29, 1.82) is 0 Å². The number of hydrogen-bond acceptors (Lipinski definition) is 7. The second-order valence-electron chi connectivity index (χ2n) is 5.25. The Kier molecular flexibility index (Phi) is 6.48. The van der Waals surface area contributed by atoms with Gasteiger partial charge < -0.3 is 35.0 Å². The molecule has 1 amide bonds. The minimum Gasteiger partial charge on any atom is -0.394 e. The summed E-state index contributed by atoms with van der Waals surface area (Å²) < 4.78 is 6.89. The molecule has 0 aromatic carbocycles. The lowest BCUT2D eigenvalue weighted by Gasteiger charge is -2.40. The van der Waals surface area contributed by atoms with Crippen LogP contribution in [0.1, 0.15) is 0 Å². The van der Waals surface area contributed by atoms with Crippen LogP contribution in [0.25, 0.3) is 0 Å². The van der Waals surface area contributed by atoms with Crippen molar-refractivity contribution in [3.05, 3.63) is 24.5 Å². The first-order valence-electron chi connectivity index (χ1n) is 7.19. The quantitative estimate of drug-likeness (QED) is 0.217. The van der Waals surface area contributed by atoms with Crippen LogP contribution in [0.5, 0.6) is 0 Å². The van der Waals surface area contributed by atoms with E-state index in [1.807, 2.05) is 0 Å². The van der Waals surface area contributed by atoms with Crippen molar-refractivity contribution in [3.63, 3.8) is 0 Å². The molecule has 1 aliphatic heterocycles. The largest absolute Gasteiger partial charge is 0.394 e. The highest BCUT2D eigenvalue weighted by atomic mass is 32.1. The number of nitrogens with one attached hydrogen (secondary N) is 3. The van der Waals surface area contributed by atoms with E-state index in [1.165, 1.54) is 0 Å². The van der Waals surface area contributed by atoms with Gasteiger partial charge in [0.05, 0.1) is 6.61 Å². The molecule has 11 heteroatoms. The fourth-order valence-electron chi connectivity index (χ4n) is 2.19. The number of nitrogens with zero attached hydrogens (tertiary/aromatic N) is 1. The predicted molar refractivity (Wildman–Crippen MR) is 85.2 cm³/mol. The average Bonchev–Trinajstić information content (AvgIpc) is 3.06. The second kappa shape index (κ2) is 8.37. The standard InChI is InChI=1S/C13H20N4O6S/c18-6-7-9(20)10(21)11(22)12(23-7)14-13(24)16-15-8(19)5-17-3-1-2-4-17/h1-4,7,9-12,18,20-22H,5-6H2,(H,15,19)(H2,14,16,24). The molecule has 0 bridgehead atoms. The lowest BCUT2D eigenvalue weighted by molar-refractivity contribution is -0.232. The van der Waals surface area contributed by atoms with Crippen LogP contribution in [0, 0.1) is 0 Å². The van der Waals surface area contributed by atoms with E-state index in [-0.39, 0.29) is 17.6 Å². The molecule has 5 atom stereocenters.